The maximum absolute atomic E-state index is 12.6. The van der Waals surface area contributed by atoms with E-state index in [4.69, 9.17) is 10.00 Å². The number of nitriles is 1. The molecule has 136 valence electrons. The van der Waals surface area contributed by atoms with Gasteiger partial charge in [-0.25, -0.2) is 4.99 Å². The lowest BCUT2D eigenvalue weighted by Crippen LogP contribution is -2.23. The first-order chi connectivity index (χ1) is 13.0. The summed E-state index contributed by atoms with van der Waals surface area (Å²) in [6, 6.07) is 15.2. The molecule has 0 aliphatic carbocycles. The molecule has 0 saturated carbocycles. The van der Waals surface area contributed by atoms with Crippen molar-refractivity contribution in [3.8, 4) is 11.8 Å². The Morgan fingerprint density at radius 2 is 2.04 bits per heavy atom. The number of benzene rings is 2. The number of hydrogen-bond acceptors (Lipinski definition) is 5. The predicted octanol–water partition coefficient (Wildman–Crippen LogP) is 4.44. The third kappa shape index (κ3) is 4.39. The van der Waals surface area contributed by atoms with Gasteiger partial charge in [-0.15, -0.1) is 0 Å². The maximum atomic E-state index is 12.6. The molecule has 1 aliphatic heterocycles. The minimum Gasteiger partial charge on any atom is -0.479 e. The van der Waals surface area contributed by atoms with Crippen molar-refractivity contribution < 1.29 is 9.53 Å². The van der Waals surface area contributed by atoms with Crippen LogP contribution in [0.3, 0.4) is 0 Å². The molecule has 1 fully saturated rings. The quantitative estimate of drug-likeness (QED) is 0.739. The first-order valence-corrected chi connectivity index (χ1v) is 9.23. The van der Waals surface area contributed by atoms with E-state index in [-0.39, 0.29) is 12.5 Å². The van der Waals surface area contributed by atoms with Crippen molar-refractivity contribution in [1.29, 1.82) is 5.26 Å². The van der Waals surface area contributed by atoms with E-state index in [1.54, 1.807) is 24.1 Å². The van der Waals surface area contributed by atoms with E-state index < -0.39 is 0 Å². The van der Waals surface area contributed by atoms with Crippen LogP contribution in [0.5, 0.6) is 5.75 Å². The van der Waals surface area contributed by atoms with Crippen LogP contribution in [0.25, 0.3) is 6.08 Å². The zero-order chi connectivity index (χ0) is 19.4. The highest BCUT2D eigenvalue weighted by atomic mass is 32.2. The number of carbonyl (C=O) groups excluding carboxylic acids is 1. The van der Waals surface area contributed by atoms with Crippen molar-refractivity contribution in [2.24, 2.45) is 4.99 Å². The van der Waals surface area contributed by atoms with Crippen LogP contribution in [-0.2, 0) is 4.79 Å². The van der Waals surface area contributed by atoms with E-state index in [2.05, 4.69) is 11.9 Å². The van der Waals surface area contributed by atoms with Gasteiger partial charge in [0.15, 0.2) is 11.8 Å². The Balaban J connectivity index is 1.85. The lowest BCUT2D eigenvalue weighted by molar-refractivity contribution is -0.121. The number of ether oxygens (including phenoxy) is 1. The number of rotatable bonds is 4. The second-order valence-corrected chi connectivity index (χ2v) is 7.17. The SMILES string of the molecule is Cc1ccc(N=C2S/C(=C/c3cccc(OCC#N)c3)C(=O)N2C)cc1C. The molecule has 2 aromatic carbocycles. The van der Waals surface area contributed by atoms with E-state index >= 15 is 0 Å². The zero-order valence-corrected chi connectivity index (χ0v) is 16.2. The van der Waals surface area contributed by atoms with Gasteiger partial charge in [-0.1, -0.05) is 18.2 Å². The van der Waals surface area contributed by atoms with E-state index in [0.717, 1.165) is 11.3 Å². The van der Waals surface area contributed by atoms with Gasteiger partial charge in [-0.3, -0.25) is 9.69 Å². The number of thioether (sulfide) groups is 1. The summed E-state index contributed by atoms with van der Waals surface area (Å²) in [5, 5.41) is 9.26. The number of aliphatic imine (C=N–C) groups is 1. The summed E-state index contributed by atoms with van der Waals surface area (Å²) >= 11 is 1.34. The Labute approximate surface area is 163 Å². The fourth-order valence-electron chi connectivity index (χ4n) is 2.52. The molecule has 2 aromatic rings. The molecule has 6 heteroatoms. The fraction of sp³-hybridized carbons (Fsp3) is 0.190. The van der Waals surface area contributed by atoms with Gasteiger partial charge in [0.1, 0.15) is 11.8 Å². The van der Waals surface area contributed by atoms with Crippen LogP contribution in [0, 0.1) is 25.2 Å². The molecular formula is C21H19N3O2S. The van der Waals surface area contributed by atoms with E-state index in [1.165, 1.54) is 22.9 Å². The third-order valence-electron chi connectivity index (χ3n) is 4.18. The van der Waals surface area contributed by atoms with Gasteiger partial charge >= 0.3 is 0 Å². The molecule has 0 radical (unpaired) electrons. The summed E-state index contributed by atoms with van der Waals surface area (Å²) in [6.07, 6.45) is 1.81. The highest BCUT2D eigenvalue weighted by Gasteiger charge is 2.30. The van der Waals surface area contributed by atoms with Gasteiger partial charge in [-0.2, -0.15) is 5.26 Å². The molecule has 1 amide bonds. The van der Waals surface area contributed by atoms with Gasteiger partial charge in [0.25, 0.3) is 5.91 Å². The summed E-state index contributed by atoms with van der Waals surface area (Å²) in [5.74, 6) is 0.504. The number of likely N-dealkylation sites (N-methyl/N-ethyl adjacent to an activating group) is 1. The van der Waals surface area contributed by atoms with Crippen LogP contribution in [0.2, 0.25) is 0 Å². The van der Waals surface area contributed by atoms with Crippen LogP contribution in [0.15, 0.2) is 52.4 Å². The monoisotopic (exact) mass is 377 g/mol. The molecule has 0 bridgehead atoms. The molecule has 1 heterocycles. The maximum Gasteiger partial charge on any atom is 0.266 e. The number of nitrogens with zero attached hydrogens (tertiary/aromatic N) is 3. The molecule has 0 unspecified atom stereocenters. The van der Waals surface area contributed by atoms with Gasteiger partial charge < -0.3 is 4.74 Å². The summed E-state index contributed by atoms with van der Waals surface area (Å²) in [4.78, 5) is 19.3. The highest BCUT2D eigenvalue weighted by Crippen LogP contribution is 2.33. The largest absolute Gasteiger partial charge is 0.479 e. The van der Waals surface area contributed by atoms with Crippen LogP contribution in [-0.4, -0.2) is 29.6 Å². The third-order valence-corrected chi connectivity index (χ3v) is 5.24. The first-order valence-electron chi connectivity index (χ1n) is 8.41. The van der Waals surface area contributed by atoms with Crippen LogP contribution >= 0.6 is 11.8 Å². The number of hydrogen-bond donors (Lipinski definition) is 0. The normalized spacial score (nSPS) is 16.8. The molecule has 0 aromatic heterocycles. The molecule has 1 saturated heterocycles. The van der Waals surface area contributed by atoms with Crippen molar-refractivity contribution in [3.05, 3.63) is 64.1 Å². The molecule has 0 spiro atoms. The Hall–Kier alpha value is -3.04. The van der Waals surface area contributed by atoms with E-state index in [9.17, 15) is 4.79 Å². The van der Waals surface area contributed by atoms with Crippen LogP contribution < -0.4 is 4.74 Å². The lowest BCUT2D eigenvalue weighted by atomic mass is 10.1. The summed E-state index contributed by atoms with van der Waals surface area (Å²) in [5.41, 5.74) is 4.04. The smallest absolute Gasteiger partial charge is 0.266 e. The molecule has 5 nitrogen and oxygen atoms in total. The Kier molecular flexibility index (Phi) is 5.63. The standard InChI is InChI=1S/C21H19N3O2S/c1-14-7-8-17(11-15(14)2)23-21-24(3)20(25)19(27-21)13-16-5-4-6-18(12-16)26-10-9-22/h4-8,11-13H,10H2,1-3H3/b19-13+,23-21?. The number of carbonyl (C=O) groups is 1. The number of aryl methyl sites for hydroxylation is 2. The van der Waals surface area contributed by atoms with E-state index in [1.807, 2.05) is 49.4 Å². The van der Waals surface area contributed by atoms with Gasteiger partial charge in [0, 0.05) is 7.05 Å². The molecular weight excluding hydrogens is 358 g/mol. The molecule has 0 N–H and O–H groups in total. The first kappa shape index (κ1) is 18.7. The number of amidine groups is 1. The van der Waals surface area contributed by atoms with Crippen molar-refractivity contribution >= 4 is 34.6 Å². The van der Waals surface area contributed by atoms with Crippen molar-refractivity contribution in [1.82, 2.24) is 4.90 Å². The molecule has 1 aliphatic rings. The minimum absolute atomic E-state index is 0.0107. The van der Waals surface area contributed by atoms with Gasteiger partial charge in [0.2, 0.25) is 0 Å². The predicted molar refractivity (Wildman–Crippen MR) is 109 cm³/mol. The van der Waals surface area contributed by atoms with Gasteiger partial charge in [-0.05, 0) is 72.6 Å². The van der Waals surface area contributed by atoms with Crippen LogP contribution in [0.4, 0.5) is 5.69 Å². The van der Waals surface area contributed by atoms with Crippen molar-refractivity contribution in [2.75, 3.05) is 13.7 Å². The summed E-state index contributed by atoms with van der Waals surface area (Å²) < 4.78 is 5.31. The second kappa shape index (κ2) is 8.11. The average molecular weight is 377 g/mol. The van der Waals surface area contributed by atoms with E-state index in [0.29, 0.717) is 15.8 Å². The van der Waals surface area contributed by atoms with Crippen molar-refractivity contribution in [3.63, 3.8) is 0 Å². The van der Waals surface area contributed by atoms with Crippen molar-refractivity contribution in [2.45, 2.75) is 13.8 Å². The Morgan fingerprint density at radius 3 is 2.78 bits per heavy atom. The summed E-state index contributed by atoms with van der Waals surface area (Å²) in [6.45, 7) is 4.09. The van der Waals surface area contributed by atoms with Gasteiger partial charge in [0.05, 0.1) is 10.6 Å². The molecule has 0 atom stereocenters. The second-order valence-electron chi connectivity index (χ2n) is 6.16. The highest BCUT2D eigenvalue weighted by molar-refractivity contribution is 8.18. The average Bonchev–Trinajstić information content (AvgIpc) is 2.91. The Morgan fingerprint density at radius 1 is 1.22 bits per heavy atom. The lowest BCUT2D eigenvalue weighted by Gasteiger charge is -2.08. The fourth-order valence-corrected chi connectivity index (χ4v) is 3.51. The summed E-state index contributed by atoms with van der Waals surface area (Å²) in [7, 11) is 1.72. The topological polar surface area (TPSA) is 65.7 Å². The zero-order valence-electron chi connectivity index (χ0n) is 15.4. The Bertz CT molecular complexity index is 989. The molecule has 3 rings (SSSR count). The van der Waals surface area contributed by atoms with Crippen LogP contribution in [0.1, 0.15) is 16.7 Å². The number of amides is 1. The minimum atomic E-state index is -0.0917. The molecule has 27 heavy (non-hydrogen) atoms.